The van der Waals surface area contributed by atoms with Gasteiger partial charge in [0.25, 0.3) is 0 Å². The van der Waals surface area contributed by atoms with Gasteiger partial charge in [-0.15, -0.1) is 0 Å². The molecule has 0 amide bonds. The molecule has 2 N–H and O–H groups in total. The molecule has 0 bridgehead atoms. The Hall–Kier alpha value is -1.71. The number of carbonyl (C=O) groups excluding carboxylic acids is 1. The second-order valence-corrected chi connectivity index (χ2v) is 5.43. The molecule has 0 aromatic heterocycles. The van der Waals surface area contributed by atoms with Gasteiger partial charge in [0, 0.05) is 0 Å². The maximum Gasteiger partial charge on any atom is 0.313 e. The average molecular weight is 277 g/mol. The van der Waals surface area contributed by atoms with E-state index in [9.17, 15) is 4.79 Å². The average Bonchev–Trinajstić information content (AvgIpc) is 2.97. The fraction of sp³-hybridized carbons (Fsp3) is 0.562. The molecule has 1 aliphatic rings. The van der Waals surface area contributed by atoms with Gasteiger partial charge in [-0.3, -0.25) is 4.79 Å². The number of anilines is 1. The number of nitrogen functional groups attached to an aromatic ring is 1. The molecule has 2 rings (SSSR count). The highest BCUT2D eigenvalue weighted by atomic mass is 16.5. The predicted octanol–water partition coefficient (Wildman–Crippen LogP) is 3.11. The fourth-order valence-electron chi connectivity index (χ4n) is 3.11. The molecule has 1 aromatic carbocycles. The van der Waals surface area contributed by atoms with Gasteiger partial charge >= 0.3 is 5.97 Å². The molecule has 1 fully saturated rings. The Morgan fingerprint density at radius 2 is 2.05 bits per heavy atom. The van der Waals surface area contributed by atoms with Crippen molar-refractivity contribution in [3.05, 3.63) is 23.8 Å². The van der Waals surface area contributed by atoms with Crippen LogP contribution in [0.4, 0.5) is 5.69 Å². The first-order valence-electron chi connectivity index (χ1n) is 7.17. The highest BCUT2D eigenvalue weighted by Gasteiger charge is 2.29. The number of hydrogen-bond acceptors (Lipinski definition) is 4. The van der Waals surface area contributed by atoms with Crippen molar-refractivity contribution in [1.82, 2.24) is 0 Å². The molecule has 1 saturated carbocycles. The molecular formula is C16H23NO3. The highest BCUT2D eigenvalue weighted by molar-refractivity contribution is 5.81. The molecule has 0 spiro atoms. The van der Waals surface area contributed by atoms with E-state index in [1.165, 1.54) is 32.8 Å². The first kappa shape index (κ1) is 14.7. The van der Waals surface area contributed by atoms with Crippen LogP contribution in [0.5, 0.6) is 5.75 Å². The molecular weight excluding hydrogens is 254 g/mol. The summed E-state index contributed by atoms with van der Waals surface area (Å²) in [4.78, 5) is 12.1. The summed E-state index contributed by atoms with van der Waals surface area (Å²) >= 11 is 0. The molecule has 0 saturated heterocycles. The third-order valence-electron chi connectivity index (χ3n) is 4.22. The highest BCUT2D eigenvalue weighted by Crippen LogP contribution is 2.38. The number of nitrogens with two attached hydrogens (primary N) is 1. The molecule has 1 atom stereocenters. The minimum Gasteiger partial charge on any atom is -0.495 e. The van der Waals surface area contributed by atoms with Gasteiger partial charge in [0.2, 0.25) is 0 Å². The van der Waals surface area contributed by atoms with Gasteiger partial charge in [0.15, 0.2) is 0 Å². The second kappa shape index (κ2) is 6.64. The Kier molecular flexibility index (Phi) is 4.88. The van der Waals surface area contributed by atoms with Gasteiger partial charge in [-0.1, -0.05) is 37.8 Å². The van der Waals surface area contributed by atoms with Crippen LogP contribution in [-0.2, 0) is 9.53 Å². The van der Waals surface area contributed by atoms with Gasteiger partial charge in [0.05, 0.1) is 25.8 Å². The van der Waals surface area contributed by atoms with E-state index in [0.717, 1.165) is 12.0 Å². The quantitative estimate of drug-likeness (QED) is 0.663. The predicted molar refractivity (Wildman–Crippen MR) is 78.7 cm³/mol. The van der Waals surface area contributed by atoms with Gasteiger partial charge in [-0.05, 0) is 24.0 Å². The lowest BCUT2D eigenvalue weighted by atomic mass is 9.87. The molecule has 20 heavy (non-hydrogen) atoms. The lowest BCUT2D eigenvalue weighted by molar-refractivity contribution is -0.142. The number of methoxy groups -OCH3 is 2. The Labute approximate surface area is 120 Å². The van der Waals surface area contributed by atoms with Gasteiger partial charge in [0.1, 0.15) is 5.75 Å². The molecule has 0 radical (unpaired) electrons. The summed E-state index contributed by atoms with van der Waals surface area (Å²) in [6.07, 6.45) is 5.71. The molecule has 1 aromatic rings. The van der Waals surface area contributed by atoms with Crippen LogP contribution in [0, 0.1) is 5.92 Å². The third-order valence-corrected chi connectivity index (χ3v) is 4.22. The van der Waals surface area contributed by atoms with Gasteiger partial charge < -0.3 is 15.2 Å². The van der Waals surface area contributed by atoms with Crippen LogP contribution in [0.25, 0.3) is 0 Å². The number of ether oxygens (including phenoxy) is 2. The van der Waals surface area contributed by atoms with Crippen molar-refractivity contribution in [3.8, 4) is 5.75 Å². The van der Waals surface area contributed by atoms with E-state index >= 15 is 0 Å². The van der Waals surface area contributed by atoms with E-state index < -0.39 is 0 Å². The summed E-state index contributed by atoms with van der Waals surface area (Å²) in [5, 5.41) is 0. The minimum absolute atomic E-state index is 0.211. The normalized spacial score (nSPS) is 16.9. The van der Waals surface area contributed by atoms with Crippen LogP contribution in [0.3, 0.4) is 0 Å². The van der Waals surface area contributed by atoms with Crippen LogP contribution in [-0.4, -0.2) is 20.2 Å². The Morgan fingerprint density at radius 3 is 2.65 bits per heavy atom. The van der Waals surface area contributed by atoms with E-state index in [4.69, 9.17) is 15.2 Å². The molecule has 1 aliphatic carbocycles. The van der Waals surface area contributed by atoms with Crippen LogP contribution in [0.2, 0.25) is 0 Å². The maximum atomic E-state index is 12.1. The maximum absolute atomic E-state index is 12.1. The Bertz CT molecular complexity index is 467. The van der Waals surface area contributed by atoms with Crippen molar-refractivity contribution >= 4 is 11.7 Å². The Balaban J connectivity index is 2.28. The summed E-state index contributed by atoms with van der Waals surface area (Å²) in [5.74, 6) is 0.697. The fourth-order valence-corrected chi connectivity index (χ4v) is 3.11. The van der Waals surface area contributed by atoms with Crippen LogP contribution in [0.15, 0.2) is 18.2 Å². The topological polar surface area (TPSA) is 61.5 Å². The lowest BCUT2D eigenvalue weighted by Crippen LogP contribution is -2.18. The SMILES string of the molecule is COC(=O)C(CC1CCCC1)c1cccc(OC)c1N. The molecule has 4 heteroatoms. The molecule has 0 aliphatic heterocycles. The van der Waals surface area contributed by atoms with Crippen LogP contribution < -0.4 is 10.5 Å². The van der Waals surface area contributed by atoms with Gasteiger partial charge in [-0.2, -0.15) is 0 Å². The number of hydrogen-bond donors (Lipinski definition) is 1. The van der Waals surface area contributed by atoms with Crippen molar-refractivity contribution in [3.63, 3.8) is 0 Å². The third kappa shape index (κ3) is 3.06. The number of rotatable bonds is 5. The zero-order valence-electron chi connectivity index (χ0n) is 12.2. The molecule has 4 nitrogen and oxygen atoms in total. The summed E-state index contributed by atoms with van der Waals surface area (Å²) in [6, 6.07) is 5.58. The zero-order chi connectivity index (χ0) is 14.5. The van der Waals surface area contributed by atoms with Gasteiger partial charge in [-0.25, -0.2) is 0 Å². The number of benzene rings is 1. The summed E-state index contributed by atoms with van der Waals surface area (Å²) in [7, 11) is 3.01. The Morgan fingerprint density at radius 1 is 1.35 bits per heavy atom. The molecule has 1 unspecified atom stereocenters. The summed E-state index contributed by atoms with van der Waals surface area (Å²) in [5.41, 5.74) is 7.50. The van der Waals surface area contributed by atoms with Crippen molar-refractivity contribution < 1.29 is 14.3 Å². The van der Waals surface area contributed by atoms with Crippen molar-refractivity contribution in [2.24, 2.45) is 5.92 Å². The minimum atomic E-state index is -0.293. The standard InChI is InChI=1S/C16H23NO3/c1-19-14-9-5-8-12(15(14)17)13(16(18)20-2)10-11-6-3-4-7-11/h5,8-9,11,13H,3-4,6-7,10,17H2,1-2H3. The lowest BCUT2D eigenvalue weighted by Gasteiger charge is -2.21. The smallest absolute Gasteiger partial charge is 0.313 e. The van der Waals surface area contributed by atoms with Crippen LogP contribution >= 0.6 is 0 Å². The van der Waals surface area contributed by atoms with Crippen LogP contribution in [0.1, 0.15) is 43.6 Å². The monoisotopic (exact) mass is 277 g/mol. The van der Waals surface area contributed by atoms with E-state index in [1.54, 1.807) is 7.11 Å². The van der Waals surface area contributed by atoms with E-state index in [1.807, 2.05) is 18.2 Å². The molecule has 110 valence electrons. The first-order chi connectivity index (χ1) is 9.67. The van der Waals surface area contributed by atoms with E-state index in [2.05, 4.69) is 0 Å². The van der Waals surface area contributed by atoms with Crippen molar-refractivity contribution in [2.45, 2.75) is 38.0 Å². The summed E-state index contributed by atoms with van der Waals surface area (Å²) in [6.45, 7) is 0. The largest absolute Gasteiger partial charge is 0.495 e. The zero-order valence-corrected chi connectivity index (χ0v) is 12.2. The van der Waals surface area contributed by atoms with Crippen molar-refractivity contribution in [1.29, 1.82) is 0 Å². The number of carbonyl (C=O) groups is 1. The summed E-state index contributed by atoms with van der Waals surface area (Å²) < 4.78 is 10.2. The second-order valence-electron chi connectivity index (χ2n) is 5.43. The number of esters is 1. The first-order valence-corrected chi connectivity index (χ1v) is 7.17. The molecule has 0 heterocycles. The van der Waals surface area contributed by atoms with E-state index in [0.29, 0.717) is 17.4 Å². The van der Waals surface area contributed by atoms with E-state index in [-0.39, 0.29) is 11.9 Å². The number of para-hydroxylation sites is 1. The van der Waals surface area contributed by atoms with Crippen molar-refractivity contribution in [2.75, 3.05) is 20.0 Å².